The number of aliphatic hydroxyl groups is 2. The minimum Gasteiger partial charge on any atom is -0.399 e. The van der Waals surface area contributed by atoms with Gasteiger partial charge in [0.05, 0.1) is 13.2 Å². The molecule has 0 aliphatic rings. The van der Waals surface area contributed by atoms with Crippen LogP contribution in [0.5, 0.6) is 0 Å². The van der Waals surface area contributed by atoms with E-state index < -0.39 is 0 Å². The lowest BCUT2D eigenvalue weighted by molar-refractivity contribution is -0.116. The Kier molecular flexibility index (Phi) is 7.00. The summed E-state index contributed by atoms with van der Waals surface area (Å²) in [5, 5.41) is 20.6. The highest BCUT2D eigenvalue weighted by molar-refractivity contribution is 5.92. The minimum absolute atomic E-state index is 0.00987. The van der Waals surface area contributed by atoms with Gasteiger partial charge in [0.2, 0.25) is 5.91 Å². The van der Waals surface area contributed by atoms with Gasteiger partial charge in [0.15, 0.2) is 0 Å². The maximum Gasteiger partial charge on any atom is 0.225 e. The summed E-state index contributed by atoms with van der Waals surface area (Å²) in [6.45, 7) is 3.31. The van der Waals surface area contributed by atoms with Crippen molar-refractivity contribution >= 4 is 17.3 Å². The van der Waals surface area contributed by atoms with Crippen LogP contribution in [0.15, 0.2) is 18.2 Å². The van der Waals surface area contributed by atoms with Crippen LogP contribution in [-0.2, 0) is 4.79 Å². The lowest BCUT2D eigenvalue weighted by atomic mass is 10.2. The van der Waals surface area contributed by atoms with Crippen LogP contribution in [0.3, 0.4) is 0 Å². The Morgan fingerprint density at radius 2 is 1.90 bits per heavy atom. The Balaban J connectivity index is 2.48. The molecule has 0 spiro atoms. The number of aryl methyl sites for hydroxylation is 1. The molecule has 6 nitrogen and oxygen atoms in total. The molecule has 0 heterocycles. The first kappa shape index (κ1) is 16.4. The van der Waals surface area contributed by atoms with Gasteiger partial charge in [-0.1, -0.05) is 6.07 Å². The van der Waals surface area contributed by atoms with Crippen molar-refractivity contribution in [1.82, 2.24) is 4.90 Å². The number of benzene rings is 1. The van der Waals surface area contributed by atoms with Gasteiger partial charge in [0, 0.05) is 37.4 Å². The molecule has 20 heavy (non-hydrogen) atoms. The van der Waals surface area contributed by atoms with Crippen molar-refractivity contribution in [2.45, 2.75) is 13.3 Å². The maximum atomic E-state index is 11.9. The van der Waals surface area contributed by atoms with Crippen LogP contribution in [0.2, 0.25) is 0 Å². The first-order valence-electron chi connectivity index (χ1n) is 6.67. The molecule has 0 aromatic heterocycles. The molecule has 0 saturated heterocycles. The van der Waals surface area contributed by atoms with E-state index in [0.29, 0.717) is 37.4 Å². The fourth-order valence-electron chi connectivity index (χ4n) is 1.86. The molecule has 0 aliphatic carbocycles. The van der Waals surface area contributed by atoms with E-state index in [9.17, 15) is 4.79 Å². The van der Waals surface area contributed by atoms with Crippen LogP contribution in [0.1, 0.15) is 12.0 Å². The molecule has 5 N–H and O–H groups in total. The zero-order chi connectivity index (χ0) is 15.0. The van der Waals surface area contributed by atoms with Crippen molar-refractivity contribution in [2.75, 3.05) is 43.9 Å². The van der Waals surface area contributed by atoms with Crippen molar-refractivity contribution < 1.29 is 15.0 Å². The largest absolute Gasteiger partial charge is 0.399 e. The van der Waals surface area contributed by atoms with E-state index in [-0.39, 0.29) is 19.1 Å². The van der Waals surface area contributed by atoms with E-state index >= 15 is 0 Å². The zero-order valence-corrected chi connectivity index (χ0v) is 11.8. The highest BCUT2D eigenvalue weighted by Crippen LogP contribution is 2.18. The number of hydrogen-bond acceptors (Lipinski definition) is 5. The van der Waals surface area contributed by atoms with Crippen molar-refractivity contribution in [2.24, 2.45) is 0 Å². The van der Waals surface area contributed by atoms with Gasteiger partial charge in [-0.15, -0.1) is 0 Å². The van der Waals surface area contributed by atoms with Gasteiger partial charge in [-0.2, -0.15) is 0 Å². The topological polar surface area (TPSA) is 98.8 Å². The highest BCUT2D eigenvalue weighted by Gasteiger charge is 2.09. The second-order valence-electron chi connectivity index (χ2n) is 4.66. The third-order valence-corrected chi connectivity index (χ3v) is 3.02. The lowest BCUT2D eigenvalue weighted by Crippen LogP contribution is -2.32. The summed E-state index contributed by atoms with van der Waals surface area (Å²) < 4.78 is 0. The first-order chi connectivity index (χ1) is 9.56. The molecular formula is C14H23N3O3. The van der Waals surface area contributed by atoms with E-state index in [1.807, 2.05) is 17.9 Å². The Labute approximate surface area is 119 Å². The maximum absolute atomic E-state index is 11.9. The van der Waals surface area contributed by atoms with Crippen molar-refractivity contribution in [3.63, 3.8) is 0 Å². The summed E-state index contributed by atoms with van der Waals surface area (Å²) in [7, 11) is 0. The number of aliphatic hydroxyl groups excluding tert-OH is 2. The summed E-state index contributed by atoms with van der Waals surface area (Å²) in [6.07, 6.45) is 0.300. The zero-order valence-electron chi connectivity index (χ0n) is 11.8. The number of carbonyl (C=O) groups is 1. The van der Waals surface area contributed by atoms with E-state index in [1.54, 1.807) is 12.1 Å². The second kappa shape index (κ2) is 8.52. The van der Waals surface area contributed by atoms with Gasteiger partial charge < -0.3 is 21.3 Å². The summed E-state index contributed by atoms with van der Waals surface area (Å²) >= 11 is 0. The SMILES string of the molecule is Cc1ccc(N)cc1NC(=O)CCN(CCO)CCO. The summed E-state index contributed by atoms with van der Waals surface area (Å²) in [5.74, 6) is -0.112. The third-order valence-electron chi connectivity index (χ3n) is 3.02. The number of nitrogens with one attached hydrogen (secondary N) is 1. The van der Waals surface area contributed by atoms with E-state index in [0.717, 1.165) is 5.56 Å². The van der Waals surface area contributed by atoms with Gasteiger partial charge >= 0.3 is 0 Å². The second-order valence-corrected chi connectivity index (χ2v) is 4.66. The van der Waals surface area contributed by atoms with Gasteiger partial charge in [0.25, 0.3) is 0 Å². The van der Waals surface area contributed by atoms with Crippen LogP contribution < -0.4 is 11.1 Å². The van der Waals surface area contributed by atoms with Gasteiger partial charge in [-0.3, -0.25) is 9.69 Å². The number of hydrogen-bond donors (Lipinski definition) is 4. The number of carbonyl (C=O) groups excluding carboxylic acids is 1. The Bertz CT molecular complexity index is 432. The van der Waals surface area contributed by atoms with Crippen LogP contribution in [0.25, 0.3) is 0 Å². The molecule has 0 fully saturated rings. The summed E-state index contributed by atoms with van der Waals surface area (Å²) in [5.41, 5.74) is 7.96. The molecule has 1 aromatic rings. The predicted molar refractivity (Wildman–Crippen MR) is 79.4 cm³/mol. The molecule has 0 saturated carbocycles. The van der Waals surface area contributed by atoms with E-state index in [1.165, 1.54) is 0 Å². The summed E-state index contributed by atoms with van der Waals surface area (Å²) in [6, 6.07) is 5.37. The first-order valence-corrected chi connectivity index (χ1v) is 6.67. The van der Waals surface area contributed by atoms with Crippen molar-refractivity contribution in [3.05, 3.63) is 23.8 Å². The summed E-state index contributed by atoms with van der Waals surface area (Å²) in [4.78, 5) is 13.7. The molecule has 112 valence electrons. The fraction of sp³-hybridized carbons (Fsp3) is 0.500. The number of amides is 1. The smallest absolute Gasteiger partial charge is 0.225 e. The molecule has 6 heteroatoms. The van der Waals surface area contributed by atoms with Crippen LogP contribution in [-0.4, -0.2) is 53.9 Å². The molecule has 0 atom stereocenters. The fourth-order valence-corrected chi connectivity index (χ4v) is 1.86. The molecule has 1 amide bonds. The van der Waals surface area contributed by atoms with Gasteiger partial charge in [-0.25, -0.2) is 0 Å². The number of nitrogen functional groups attached to an aromatic ring is 1. The monoisotopic (exact) mass is 281 g/mol. The third kappa shape index (κ3) is 5.56. The van der Waals surface area contributed by atoms with Crippen LogP contribution in [0.4, 0.5) is 11.4 Å². The molecule has 0 bridgehead atoms. The average molecular weight is 281 g/mol. The number of rotatable bonds is 8. The van der Waals surface area contributed by atoms with Crippen LogP contribution in [0, 0.1) is 6.92 Å². The van der Waals surface area contributed by atoms with Gasteiger partial charge in [-0.05, 0) is 24.6 Å². The number of anilines is 2. The van der Waals surface area contributed by atoms with Crippen LogP contribution >= 0.6 is 0 Å². The predicted octanol–water partition coefficient (Wildman–Crippen LogP) is 0.192. The molecule has 0 aliphatic heterocycles. The molecule has 1 rings (SSSR count). The lowest BCUT2D eigenvalue weighted by Gasteiger charge is -2.19. The van der Waals surface area contributed by atoms with Crippen molar-refractivity contribution in [3.8, 4) is 0 Å². The normalized spacial score (nSPS) is 10.8. The van der Waals surface area contributed by atoms with E-state index in [2.05, 4.69) is 5.32 Å². The standard InChI is InChI=1S/C14H23N3O3/c1-11-2-3-12(15)10-13(11)16-14(20)4-5-17(6-8-18)7-9-19/h2-3,10,18-19H,4-9,15H2,1H3,(H,16,20). The molecule has 0 unspecified atom stereocenters. The minimum atomic E-state index is -0.112. The van der Waals surface area contributed by atoms with Gasteiger partial charge in [0.1, 0.15) is 0 Å². The molecule has 0 radical (unpaired) electrons. The number of nitrogens with two attached hydrogens (primary N) is 1. The average Bonchev–Trinajstić information content (AvgIpc) is 2.41. The highest BCUT2D eigenvalue weighted by atomic mass is 16.3. The Morgan fingerprint density at radius 3 is 2.50 bits per heavy atom. The quantitative estimate of drug-likeness (QED) is 0.510. The Morgan fingerprint density at radius 1 is 1.25 bits per heavy atom. The Hall–Kier alpha value is -1.63. The van der Waals surface area contributed by atoms with E-state index in [4.69, 9.17) is 15.9 Å². The molecule has 1 aromatic carbocycles. The van der Waals surface area contributed by atoms with Crippen molar-refractivity contribution in [1.29, 1.82) is 0 Å². The number of nitrogens with zero attached hydrogens (tertiary/aromatic N) is 1. The molecular weight excluding hydrogens is 258 g/mol.